The van der Waals surface area contributed by atoms with Crippen molar-refractivity contribution >= 4 is 0 Å². The van der Waals surface area contributed by atoms with Gasteiger partial charge in [-0.1, -0.05) is 20.8 Å². The fraction of sp³-hybridized carbons (Fsp3) is 1.00. The molecule has 1 rings (SSSR count). The molecule has 2 nitrogen and oxygen atoms in total. The summed E-state index contributed by atoms with van der Waals surface area (Å²) in [6.45, 7) is 16.8. The van der Waals surface area contributed by atoms with Gasteiger partial charge >= 0.3 is 0 Å². The van der Waals surface area contributed by atoms with Crippen molar-refractivity contribution in [1.29, 1.82) is 0 Å². The molecule has 90 valence electrons. The molecule has 15 heavy (non-hydrogen) atoms. The van der Waals surface area contributed by atoms with E-state index in [0.29, 0.717) is 11.5 Å². The number of ether oxygens (including phenoxy) is 1. The molecule has 0 aliphatic carbocycles. The van der Waals surface area contributed by atoms with Crippen molar-refractivity contribution in [2.75, 3.05) is 19.6 Å². The summed E-state index contributed by atoms with van der Waals surface area (Å²) in [6, 6.07) is 0. The van der Waals surface area contributed by atoms with E-state index in [-0.39, 0.29) is 5.60 Å². The molecule has 0 saturated carbocycles. The zero-order chi connectivity index (χ0) is 11.7. The molecule has 0 aromatic rings. The maximum Gasteiger partial charge on any atom is 0.0721 e. The summed E-state index contributed by atoms with van der Waals surface area (Å²) in [4.78, 5) is 2.52. The largest absolute Gasteiger partial charge is 0.371 e. The van der Waals surface area contributed by atoms with Crippen molar-refractivity contribution in [2.45, 2.75) is 59.7 Å². The van der Waals surface area contributed by atoms with E-state index in [2.05, 4.69) is 46.4 Å². The minimum atomic E-state index is 0.00239. The lowest BCUT2D eigenvalue weighted by Gasteiger charge is -2.28. The smallest absolute Gasteiger partial charge is 0.0721 e. The van der Waals surface area contributed by atoms with Gasteiger partial charge in [0.05, 0.1) is 11.7 Å². The van der Waals surface area contributed by atoms with Crippen molar-refractivity contribution in [3.63, 3.8) is 0 Å². The van der Waals surface area contributed by atoms with E-state index in [9.17, 15) is 0 Å². The highest BCUT2D eigenvalue weighted by molar-refractivity contribution is 4.81. The average molecular weight is 213 g/mol. The second kappa shape index (κ2) is 4.42. The third kappa shape index (κ3) is 5.53. The second-order valence-corrected chi connectivity index (χ2v) is 6.94. The van der Waals surface area contributed by atoms with Gasteiger partial charge in [0.15, 0.2) is 0 Å². The molecular formula is C13H27NO. The first kappa shape index (κ1) is 13.0. The molecule has 1 fully saturated rings. The van der Waals surface area contributed by atoms with Crippen LogP contribution in [0.1, 0.15) is 48.0 Å². The first-order valence-electron chi connectivity index (χ1n) is 6.06. The zero-order valence-corrected chi connectivity index (χ0v) is 11.3. The molecule has 0 aromatic carbocycles. The fourth-order valence-electron chi connectivity index (χ4n) is 2.21. The van der Waals surface area contributed by atoms with Crippen molar-refractivity contribution < 1.29 is 4.74 Å². The minimum absolute atomic E-state index is 0.00239. The highest BCUT2D eigenvalue weighted by Gasteiger charge is 2.28. The Morgan fingerprint density at radius 2 is 1.73 bits per heavy atom. The first-order valence-corrected chi connectivity index (χ1v) is 6.06. The van der Waals surface area contributed by atoms with Crippen LogP contribution in [0.4, 0.5) is 0 Å². The molecule has 1 aliphatic rings. The summed E-state index contributed by atoms with van der Waals surface area (Å²) in [5.41, 5.74) is 0.402. The Morgan fingerprint density at radius 3 is 2.20 bits per heavy atom. The van der Waals surface area contributed by atoms with Gasteiger partial charge in [-0.15, -0.1) is 0 Å². The molecule has 0 N–H and O–H groups in total. The van der Waals surface area contributed by atoms with E-state index in [4.69, 9.17) is 4.74 Å². The van der Waals surface area contributed by atoms with E-state index in [1.807, 2.05) is 0 Å². The van der Waals surface area contributed by atoms with Gasteiger partial charge in [0, 0.05) is 19.6 Å². The molecule has 0 radical (unpaired) electrons. The Kier molecular flexibility index (Phi) is 3.83. The predicted molar refractivity (Wildman–Crippen MR) is 65.1 cm³/mol. The number of nitrogens with zero attached hydrogens (tertiary/aromatic N) is 1. The van der Waals surface area contributed by atoms with Crippen molar-refractivity contribution in [3.05, 3.63) is 0 Å². The van der Waals surface area contributed by atoms with E-state index in [1.165, 1.54) is 19.5 Å². The first-order chi connectivity index (χ1) is 6.66. The van der Waals surface area contributed by atoms with Gasteiger partial charge in [-0.2, -0.15) is 0 Å². The maximum atomic E-state index is 6.00. The average Bonchev–Trinajstić information content (AvgIpc) is 2.28. The van der Waals surface area contributed by atoms with Gasteiger partial charge in [0.25, 0.3) is 0 Å². The quantitative estimate of drug-likeness (QED) is 0.699. The van der Waals surface area contributed by atoms with Crippen molar-refractivity contribution in [1.82, 2.24) is 4.90 Å². The lowest BCUT2D eigenvalue weighted by molar-refractivity contribution is -0.0545. The molecule has 1 unspecified atom stereocenters. The summed E-state index contributed by atoms with van der Waals surface area (Å²) in [5, 5.41) is 0. The van der Waals surface area contributed by atoms with Gasteiger partial charge in [-0.3, -0.25) is 0 Å². The van der Waals surface area contributed by atoms with Crippen LogP contribution in [0.5, 0.6) is 0 Å². The third-order valence-electron chi connectivity index (χ3n) is 2.45. The van der Waals surface area contributed by atoms with Crippen LogP contribution >= 0.6 is 0 Å². The molecule has 1 heterocycles. The Morgan fingerprint density at radius 1 is 1.13 bits per heavy atom. The van der Waals surface area contributed by atoms with Crippen LogP contribution in [-0.2, 0) is 4.74 Å². The number of hydrogen-bond acceptors (Lipinski definition) is 2. The second-order valence-electron chi connectivity index (χ2n) is 6.94. The molecule has 2 heteroatoms. The number of hydrogen-bond donors (Lipinski definition) is 0. The molecule has 1 saturated heterocycles. The lowest BCUT2D eigenvalue weighted by atomic mass is 9.96. The van der Waals surface area contributed by atoms with Crippen LogP contribution in [0, 0.1) is 5.41 Å². The molecule has 1 atom stereocenters. The van der Waals surface area contributed by atoms with Crippen LogP contribution in [0.3, 0.4) is 0 Å². The van der Waals surface area contributed by atoms with E-state index in [0.717, 1.165) is 6.54 Å². The van der Waals surface area contributed by atoms with Gasteiger partial charge in [0.2, 0.25) is 0 Å². The molecule has 0 bridgehead atoms. The minimum Gasteiger partial charge on any atom is -0.371 e. The van der Waals surface area contributed by atoms with Gasteiger partial charge in [-0.25, -0.2) is 0 Å². The fourth-order valence-corrected chi connectivity index (χ4v) is 2.21. The van der Waals surface area contributed by atoms with E-state index < -0.39 is 0 Å². The van der Waals surface area contributed by atoms with E-state index >= 15 is 0 Å². The Labute approximate surface area is 95.0 Å². The topological polar surface area (TPSA) is 12.5 Å². The molecular weight excluding hydrogens is 186 g/mol. The SMILES string of the molecule is CC(C)(C)CN1CCC(OC(C)(C)C)C1. The monoisotopic (exact) mass is 213 g/mol. The predicted octanol–water partition coefficient (Wildman–Crippen LogP) is 2.92. The Hall–Kier alpha value is -0.0800. The number of likely N-dealkylation sites (tertiary alicyclic amines) is 1. The van der Waals surface area contributed by atoms with Gasteiger partial charge in [-0.05, 0) is 32.6 Å². The molecule has 0 aromatic heterocycles. The standard InChI is InChI=1S/C13H27NO/c1-12(2,3)10-14-8-7-11(9-14)15-13(4,5)6/h11H,7-10H2,1-6H3. The third-order valence-corrected chi connectivity index (χ3v) is 2.45. The van der Waals surface area contributed by atoms with E-state index in [1.54, 1.807) is 0 Å². The molecule has 0 spiro atoms. The lowest BCUT2D eigenvalue weighted by Crippen LogP contribution is -2.34. The van der Waals surface area contributed by atoms with Crippen molar-refractivity contribution in [3.8, 4) is 0 Å². The zero-order valence-electron chi connectivity index (χ0n) is 11.3. The molecule has 1 aliphatic heterocycles. The Balaban J connectivity index is 2.33. The normalized spacial score (nSPS) is 24.8. The van der Waals surface area contributed by atoms with Crippen LogP contribution in [-0.4, -0.2) is 36.2 Å². The van der Waals surface area contributed by atoms with Crippen molar-refractivity contribution in [2.24, 2.45) is 5.41 Å². The highest BCUT2D eigenvalue weighted by Crippen LogP contribution is 2.23. The van der Waals surface area contributed by atoms with Gasteiger partial charge in [0.1, 0.15) is 0 Å². The summed E-state index contributed by atoms with van der Waals surface area (Å²) in [7, 11) is 0. The summed E-state index contributed by atoms with van der Waals surface area (Å²) >= 11 is 0. The summed E-state index contributed by atoms with van der Waals surface area (Å²) < 4.78 is 6.00. The molecule has 0 amide bonds. The highest BCUT2D eigenvalue weighted by atomic mass is 16.5. The summed E-state index contributed by atoms with van der Waals surface area (Å²) in [5.74, 6) is 0. The number of rotatable bonds is 2. The van der Waals surface area contributed by atoms with Crippen LogP contribution in [0.25, 0.3) is 0 Å². The van der Waals surface area contributed by atoms with Gasteiger partial charge < -0.3 is 9.64 Å². The Bertz CT molecular complexity index is 178. The maximum absolute atomic E-state index is 6.00. The van der Waals surface area contributed by atoms with Crippen LogP contribution < -0.4 is 0 Å². The summed E-state index contributed by atoms with van der Waals surface area (Å²) in [6.07, 6.45) is 1.63. The van der Waals surface area contributed by atoms with Crippen LogP contribution in [0.2, 0.25) is 0 Å². The van der Waals surface area contributed by atoms with Crippen LogP contribution in [0.15, 0.2) is 0 Å².